The number of carbonyl (C=O) groups is 2. The van der Waals surface area contributed by atoms with Crippen LogP contribution in [0, 0.1) is 5.92 Å². The first-order chi connectivity index (χ1) is 9.66. The molecule has 3 N–H and O–H groups in total. The maximum Gasteiger partial charge on any atom is 0.231 e. The molecule has 0 aromatic heterocycles. The van der Waals surface area contributed by atoms with Crippen molar-refractivity contribution in [1.29, 1.82) is 0 Å². The van der Waals surface area contributed by atoms with E-state index in [2.05, 4.69) is 5.32 Å². The zero-order valence-corrected chi connectivity index (χ0v) is 11.2. The highest BCUT2D eigenvalue weighted by Gasteiger charge is 2.36. The van der Waals surface area contributed by atoms with Crippen LogP contribution in [0.15, 0.2) is 24.3 Å². The molecule has 3 rings (SSSR count). The van der Waals surface area contributed by atoms with Crippen LogP contribution in [0.5, 0.6) is 5.75 Å². The lowest BCUT2D eigenvalue weighted by atomic mass is 9.98. The summed E-state index contributed by atoms with van der Waals surface area (Å²) in [4.78, 5) is 23.7. The molecule has 0 unspecified atom stereocenters. The summed E-state index contributed by atoms with van der Waals surface area (Å²) in [5, 5.41) is 2.97. The van der Waals surface area contributed by atoms with E-state index in [1.807, 2.05) is 24.3 Å². The van der Waals surface area contributed by atoms with E-state index in [4.69, 9.17) is 10.5 Å². The molecule has 0 spiro atoms. The minimum atomic E-state index is -0.323. The van der Waals surface area contributed by atoms with Gasteiger partial charge in [0.25, 0.3) is 0 Å². The van der Waals surface area contributed by atoms with Gasteiger partial charge in [-0.25, -0.2) is 0 Å². The lowest BCUT2D eigenvalue weighted by molar-refractivity contribution is -0.125. The Kier molecular flexibility index (Phi) is 3.34. The number of rotatable bonds is 3. The average Bonchev–Trinajstić information content (AvgIpc) is 3.04. The van der Waals surface area contributed by atoms with Gasteiger partial charge in [-0.05, 0) is 18.9 Å². The van der Waals surface area contributed by atoms with Crippen molar-refractivity contribution in [1.82, 2.24) is 5.32 Å². The Bertz CT molecular complexity index is 544. The lowest BCUT2D eigenvalue weighted by Crippen LogP contribution is -2.44. The van der Waals surface area contributed by atoms with Gasteiger partial charge in [-0.2, -0.15) is 0 Å². The first-order valence-corrected chi connectivity index (χ1v) is 6.98. The van der Waals surface area contributed by atoms with E-state index in [0.29, 0.717) is 6.61 Å². The van der Waals surface area contributed by atoms with E-state index in [1.165, 1.54) is 0 Å². The number of amides is 2. The molecule has 1 heterocycles. The van der Waals surface area contributed by atoms with Crippen LogP contribution in [0.4, 0.5) is 0 Å². The fraction of sp³-hybridized carbons (Fsp3) is 0.467. The Morgan fingerprint density at radius 1 is 1.25 bits per heavy atom. The summed E-state index contributed by atoms with van der Waals surface area (Å²) in [7, 11) is 0. The highest BCUT2D eigenvalue weighted by atomic mass is 16.5. The molecular weight excluding hydrogens is 256 g/mol. The highest BCUT2D eigenvalue weighted by Crippen LogP contribution is 2.34. The zero-order valence-electron chi connectivity index (χ0n) is 11.2. The molecule has 0 bridgehead atoms. The predicted molar refractivity (Wildman–Crippen MR) is 73.1 cm³/mol. The van der Waals surface area contributed by atoms with Gasteiger partial charge in [0.05, 0.1) is 5.92 Å². The van der Waals surface area contributed by atoms with Gasteiger partial charge in [0.1, 0.15) is 18.3 Å². The van der Waals surface area contributed by atoms with Crippen molar-refractivity contribution in [3.8, 4) is 5.75 Å². The number of nitrogens with one attached hydrogen (secondary N) is 1. The standard InChI is InChI=1S/C15H18N2O3/c16-14(18)10-5-3-6-12(10)17-15(19)11-8-20-13-7-2-1-4-9(11)13/h1-2,4,7,10-12H,3,5-6,8H2,(H2,16,18)(H,17,19)/t10-,11+,12+/m1/s1. The summed E-state index contributed by atoms with van der Waals surface area (Å²) < 4.78 is 5.52. The van der Waals surface area contributed by atoms with Crippen LogP contribution < -0.4 is 15.8 Å². The molecule has 5 nitrogen and oxygen atoms in total. The molecule has 1 aromatic rings. The number of fused-ring (bicyclic) bond motifs is 1. The number of hydrogen-bond donors (Lipinski definition) is 2. The van der Waals surface area contributed by atoms with Crippen molar-refractivity contribution in [2.75, 3.05) is 6.61 Å². The van der Waals surface area contributed by atoms with E-state index in [1.54, 1.807) is 0 Å². The number of benzene rings is 1. The third-order valence-corrected chi connectivity index (χ3v) is 4.23. The molecule has 1 saturated carbocycles. The predicted octanol–water partition coefficient (Wildman–Crippen LogP) is 0.933. The maximum absolute atomic E-state index is 12.4. The maximum atomic E-state index is 12.4. The van der Waals surface area contributed by atoms with Crippen molar-refractivity contribution in [3.63, 3.8) is 0 Å². The lowest BCUT2D eigenvalue weighted by Gasteiger charge is -2.20. The Balaban J connectivity index is 1.70. The molecule has 2 amide bonds. The number of carbonyl (C=O) groups excluding carboxylic acids is 2. The summed E-state index contributed by atoms with van der Waals surface area (Å²) in [6, 6.07) is 7.43. The molecular formula is C15H18N2O3. The average molecular weight is 274 g/mol. The van der Waals surface area contributed by atoms with Gasteiger partial charge in [0, 0.05) is 11.6 Å². The fourth-order valence-electron chi connectivity index (χ4n) is 3.14. The Morgan fingerprint density at radius 3 is 2.85 bits per heavy atom. The summed E-state index contributed by atoms with van der Waals surface area (Å²) in [5.41, 5.74) is 6.29. The second kappa shape index (κ2) is 5.15. The van der Waals surface area contributed by atoms with E-state index in [9.17, 15) is 9.59 Å². The molecule has 20 heavy (non-hydrogen) atoms. The largest absolute Gasteiger partial charge is 0.492 e. The third-order valence-electron chi connectivity index (χ3n) is 4.23. The topological polar surface area (TPSA) is 81.4 Å². The van der Waals surface area contributed by atoms with Crippen molar-refractivity contribution in [2.45, 2.75) is 31.2 Å². The molecule has 5 heteroatoms. The van der Waals surface area contributed by atoms with E-state index in [-0.39, 0.29) is 29.7 Å². The van der Waals surface area contributed by atoms with Gasteiger partial charge >= 0.3 is 0 Å². The van der Waals surface area contributed by atoms with Crippen LogP contribution in [0.3, 0.4) is 0 Å². The normalized spacial score (nSPS) is 27.7. The van der Waals surface area contributed by atoms with Crippen LogP contribution in [-0.4, -0.2) is 24.5 Å². The van der Waals surface area contributed by atoms with E-state index < -0.39 is 0 Å². The van der Waals surface area contributed by atoms with Gasteiger partial charge in [0.15, 0.2) is 0 Å². The van der Waals surface area contributed by atoms with Gasteiger partial charge in [-0.3, -0.25) is 9.59 Å². The molecule has 1 aliphatic carbocycles. The summed E-state index contributed by atoms with van der Waals surface area (Å²) in [5.74, 6) is -0.161. The minimum absolute atomic E-state index is 0.0758. The first kappa shape index (κ1) is 13.0. The van der Waals surface area contributed by atoms with Crippen molar-refractivity contribution >= 4 is 11.8 Å². The van der Waals surface area contributed by atoms with Gasteiger partial charge in [0.2, 0.25) is 11.8 Å². The van der Waals surface area contributed by atoms with Gasteiger partial charge in [-0.15, -0.1) is 0 Å². The van der Waals surface area contributed by atoms with Crippen molar-refractivity contribution < 1.29 is 14.3 Å². The second-order valence-electron chi connectivity index (χ2n) is 5.46. The molecule has 1 aliphatic heterocycles. The minimum Gasteiger partial charge on any atom is -0.492 e. The Hall–Kier alpha value is -2.04. The fourth-order valence-corrected chi connectivity index (χ4v) is 3.14. The summed E-state index contributed by atoms with van der Waals surface area (Å²) >= 11 is 0. The van der Waals surface area contributed by atoms with Crippen LogP contribution in [-0.2, 0) is 9.59 Å². The smallest absolute Gasteiger partial charge is 0.231 e. The molecule has 0 saturated heterocycles. The number of para-hydroxylation sites is 1. The van der Waals surface area contributed by atoms with Crippen molar-refractivity contribution in [2.24, 2.45) is 11.7 Å². The number of hydrogen-bond acceptors (Lipinski definition) is 3. The highest BCUT2D eigenvalue weighted by molar-refractivity contribution is 5.87. The van der Waals surface area contributed by atoms with E-state index >= 15 is 0 Å². The van der Waals surface area contributed by atoms with Crippen LogP contribution in [0.2, 0.25) is 0 Å². The second-order valence-corrected chi connectivity index (χ2v) is 5.46. The molecule has 2 aliphatic rings. The number of ether oxygens (including phenoxy) is 1. The van der Waals surface area contributed by atoms with Crippen LogP contribution in [0.25, 0.3) is 0 Å². The van der Waals surface area contributed by atoms with E-state index in [0.717, 1.165) is 30.6 Å². The molecule has 1 aromatic carbocycles. The SMILES string of the molecule is NC(=O)[C@@H]1CCC[C@@H]1NC(=O)[C@H]1COc2ccccc21. The van der Waals surface area contributed by atoms with Crippen molar-refractivity contribution in [3.05, 3.63) is 29.8 Å². The summed E-state index contributed by atoms with van der Waals surface area (Å²) in [6.45, 7) is 0.360. The summed E-state index contributed by atoms with van der Waals surface area (Å²) in [6.07, 6.45) is 2.50. The molecule has 106 valence electrons. The quantitative estimate of drug-likeness (QED) is 0.860. The van der Waals surface area contributed by atoms with Gasteiger partial charge < -0.3 is 15.8 Å². The van der Waals surface area contributed by atoms with Gasteiger partial charge in [-0.1, -0.05) is 24.6 Å². The molecule has 3 atom stereocenters. The molecule has 0 radical (unpaired) electrons. The first-order valence-electron chi connectivity index (χ1n) is 6.98. The monoisotopic (exact) mass is 274 g/mol. The zero-order chi connectivity index (χ0) is 14.1. The van der Waals surface area contributed by atoms with Crippen LogP contribution >= 0.6 is 0 Å². The molecule has 1 fully saturated rings. The number of primary amides is 1. The Morgan fingerprint density at radius 2 is 2.05 bits per heavy atom. The van der Waals surface area contributed by atoms with Crippen LogP contribution in [0.1, 0.15) is 30.7 Å². The Labute approximate surface area is 117 Å². The number of nitrogens with two attached hydrogens (primary N) is 1. The third kappa shape index (κ3) is 2.24.